The molecule has 1 saturated carbocycles. The van der Waals surface area contributed by atoms with Crippen molar-refractivity contribution in [1.82, 2.24) is 10.6 Å². The first-order valence-corrected chi connectivity index (χ1v) is 18.4. The van der Waals surface area contributed by atoms with Gasteiger partial charge in [-0.05, 0) is 62.1 Å². The Bertz CT molecular complexity index is 1440. The molecule has 1 aliphatic carbocycles. The average Bonchev–Trinajstić information content (AvgIpc) is 3.09. The fourth-order valence-corrected chi connectivity index (χ4v) is 10.7. The normalized spacial score (nSPS) is 14.2. The van der Waals surface area contributed by atoms with Gasteiger partial charge in [0.05, 0.1) is 24.5 Å². The van der Waals surface area contributed by atoms with E-state index in [0.717, 1.165) is 6.16 Å². The molecular formula is C39H44N2O5P+. The molecule has 0 aliphatic heterocycles. The van der Waals surface area contributed by atoms with Gasteiger partial charge < -0.3 is 10.6 Å². The molecular weight excluding hydrogens is 607 g/mol. The van der Waals surface area contributed by atoms with E-state index in [1.165, 1.54) is 15.9 Å². The molecule has 0 unspecified atom stereocenters. The number of nitrogens with one attached hydrogen (secondary N) is 2. The zero-order chi connectivity index (χ0) is 33.5. The largest absolute Gasteiger partial charge is 0.356 e. The second kappa shape index (κ2) is 18.1. The average molecular weight is 652 g/mol. The van der Waals surface area contributed by atoms with Crippen molar-refractivity contribution < 1.29 is 24.0 Å². The second-order valence-electron chi connectivity index (χ2n) is 12.1. The minimum Gasteiger partial charge on any atom is -0.356 e. The van der Waals surface area contributed by atoms with E-state index in [9.17, 15) is 24.0 Å². The van der Waals surface area contributed by atoms with Crippen LogP contribution in [0, 0.1) is 18.3 Å². The molecule has 1 aliphatic rings. The van der Waals surface area contributed by atoms with Crippen molar-refractivity contribution in [2.24, 2.45) is 5.92 Å². The summed E-state index contributed by atoms with van der Waals surface area (Å²) in [6.45, 7) is 0.362. The zero-order valence-corrected chi connectivity index (χ0v) is 27.8. The van der Waals surface area contributed by atoms with Crippen LogP contribution in [0.5, 0.6) is 0 Å². The summed E-state index contributed by atoms with van der Waals surface area (Å²) in [5.74, 6) is 0.951. The van der Waals surface area contributed by atoms with Crippen LogP contribution in [-0.2, 0) is 24.0 Å². The molecule has 0 saturated heterocycles. The summed E-state index contributed by atoms with van der Waals surface area (Å²) in [4.78, 5) is 62.2. The van der Waals surface area contributed by atoms with E-state index >= 15 is 0 Å². The Balaban J connectivity index is 1.37. The lowest BCUT2D eigenvalue weighted by Gasteiger charge is -2.27. The van der Waals surface area contributed by atoms with Crippen LogP contribution in [0.2, 0.25) is 0 Å². The predicted molar refractivity (Wildman–Crippen MR) is 188 cm³/mol. The first kappa shape index (κ1) is 35.5. The Morgan fingerprint density at radius 3 is 1.81 bits per heavy atom. The molecule has 2 N–H and O–H groups in total. The summed E-state index contributed by atoms with van der Waals surface area (Å²) in [6.07, 6.45) is 9.35. The molecule has 3 aromatic carbocycles. The van der Waals surface area contributed by atoms with Crippen molar-refractivity contribution in [3.63, 3.8) is 0 Å². The number of carbonyl (C=O) groups is 5. The summed E-state index contributed by atoms with van der Waals surface area (Å²) < 4.78 is 0. The molecule has 0 aromatic heterocycles. The van der Waals surface area contributed by atoms with Crippen molar-refractivity contribution in [3.05, 3.63) is 91.0 Å². The molecule has 7 nitrogen and oxygen atoms in total. The van der Waals surface area contributed by atoms with E-state index in [2.05, 4.69) is 89.4 Å². The van der Waals surface area contributed by atoms with E-state index in [0.29, 0.717) is 38.6 Å². The van der Waals surface area contributed by atoms with Crippen LogP contribution in [0.25, 0.3) is 0 Å². The van der Waals surface area contributed by atoms with Gasteiger partial charge in [0.2, 0.25) is 11.8 Å². The summed E-state index contributed by atoms with van der Waals surface area (Å²) in [5, 5.41) is 9.57. The standard InChI is InChI=1S/C39H43N2O5P/c1-2-3-23-37(44)36(22-13-14-25-40-39(46)30-27-31(42)29-32(43)28-30)41-38(45)24-15-26-47(33-16-7-4-8-17-33,34-18-9-5-10-19-34)35-20-11-6-12-21-35/h1,4-12,16-21,30,36H,3,13-15,22-29H2,(H-,40,41,45,46)/p+1/t36-/m0/s1. The topological polar surface area (TPSA) is 109 Å². The van der Waals surface area contributed by atoms with Crippen molar-refractivity contribution in [3.8, 4) is 12.3 Å². The van der Waals surface area contributed by atoms with Gasteiger partial charge in [0.15, 0.2) is 5.78 Å². The van der Waals surface area contributed by atoms with Crippen LogP contribution in [0.4, 0.5) is 0 Å². The Kier molecular flexibility index (Phi) is 13.6. The fraction of sp³-hybridized carbons (Fsp3) is 0.359. The van der Waals surface area contributed by atoms with Gasteiger partial charge in [0.25, 0.3) is 0 Å². The van der Waals surface area contributed by atoms with E-state index in [-0.39, 0.29) is 61.3 Å². The van der Waals surface area contributed by atoms with Crippen molar-refractivity contribution in [2.75, 3.05) is 12.7 Å². The van der Waals surface area contributed by atoms with Gasteiger partial charge >= 0.3 is 0 Å². The van der Waals surface area contributed by atoms with Crippen LogP contribution >= 0.6 is 7.26 Å². The molecule has 47 heavy (non-hydrogen) atoms. The SMILES string of the molecule is C#CCCC(=O)[C@H](CCCCNC(=O)C1CC(=O)CC(=O)C1)NC(=O)CCC[P+](c1ccccc1)(c1ccccc1)c1ccccc1. The summed E-state index contributed by atoms with van der Waals surface area (Å²) in [5.41, 5.74) is 0. The van der Waals surface area contributed by atoms with Crippen molar-refractivity contribution in [2.45, 2.75) is 70.3 Å². The van der Waals surface area contributed by atoms with Gasteiger partial charge in [-0.25, -0.2) is 0 Å². The number of carbonyl (C=O) groups excluding carboxylic acids is 5. The maximum atomic E-state index is 13.3. The van der Waals surface area contributed by atoms with Gasteiger partial charge in [0.1, 0.15) is 34.7 Å². The third-order valence-corrected chi connectivity index (χ3v) is 13.2. The van der Waals surface area contributed by atoms with Crippen molar-refractivity contribution in [1.29, 1.82) is 0 Å². The highest BCUT2D eigenvalue weighted by atomic mass is 31.2. The molecule has 0 spiro atoms. The number of amides is 2. The van der Waals surface area contributed by atoms with Gasteiger partial charge in [-0.3, -0.25) is 24.0 Å². The third kappa shape index (κ3) is 10.0. The van der Waals surface area contributed by atoms with Crippen LogP contribution in [0.1, 0.15) is 64.2 Å². The zero-order valence-electron chi connectivity index (χ0n) is 26.9. The van der Waals surface area contributed by atoms with E-state index in [1.807, 2.05) is 18.2 Å². The van der Waals surface area contributed by atoms with Gasteiger partial charge in [-0.1, -0.05) is 54.6 Å². The number of Topliss-reactive ketones (excluding diaryl/α,β-unsaturated/α-hetero) is 3. The highest BCUT2D eigenvalue weighted by molar-refractivity contribution is 7.95. The second-order valence-corrected chi connectivity index (χ2v) is 15.7. The third-order valence-electron chi connectivity index (χ3n) is 8.66. The lowest BCUT2D eigenvalue weighted by molar-refractivity contribution is -0.137. The number of hydrogen-bond acceptors (Lipinski definition) is 5. The first-order chi connectivity index (χ1) is 22.8. The van der Waals surface area contributed by atoms with E-state index in [4.69, 9.17) is 6.42 Å². The summed E-state index contributed by atoms with van der Waals surface area (Å²) in [6, 6.07) is 30.9. The first-order valence-electron chi connectivity index (χ1n) is 16.4. The lowest BCUT2D eigenvalue weighted by Crippen LogP contribution is -2.41. The van der Waals surface area contributed by atoms with Crippen molar-refractivity contribution >= 4 is 52.3 Å². The van der Waals surface area contributed by atoms with Crippen LogP contribution in [-0.4, -0.2) is 47.9 Å². The molecule has 1 atom stereocenters. The Hall–Kier alpha value is -4.40. The minimum atomic E-state index is -2.07. The number of hydrogen-bond donors (Lipinski definition) is 2. The molecule has 244 valence electrons. The Labute approximate surface area is 278 Å². The van der Waals surface area contributed by atoms with Crippen LogP contribution < -0.4 is 26.5 Å². The Morgan fingerprint density at radius 2 is 1.30 bits per heavy atom. The molecule has 1 fully saturated rings. The lowest BCUT2D eigenvalue weighted by atomic mass is 9.87. The van der Waals surface area contributed by atoms with E-state index in [1.54, 1.807) is 0 Å². The summed E-state index contributed by atoms with van der Waals surface area (Å²) in [7, 11) is -2.07. The maximum absolute atomic E-state index is 13.3. The number of unbranched alkanes of at least 4 members (excludes halogenated alkanes) is 1. The molecule has 0 radical (unpaired) electrons. The molecule has 4 rings (SSSR count). The molecule has 3 aromatic rings. The monoisotopic (exact) mass is 651 g/mol. The molecule has 0 heterocycles. The van der Waals surface area contributed by atoms with Gasteiger partial charge in [0, 0.05) is 38.6 Å². The number of ketones is 3. The maximum Gasteiger partial charge on any atom is 0.224 e. The minimum absolute atomic E-state index is 0.0832. The fourth-order valence-electron chi connectivity index (χ4n) is 6.31. The quantitative estimate of drug-likeness (QED) is 0.0971. The van der Waals surface area contributed by atoms with Crippen LogP contribution in [0.15, 0.2) is 91.0 Å². The molecule has 2 amide bonds. The highest BCUT2D eigenvalue weighted by Gasteiger charge is 2.44. The number of terminal acetylenes is 1. The predicted octanol–water partition coefficient (Wildman–Crippen LogP) is 4.45. The smallest absolute Gasteiger partial charge is 0.224 e. The highest BCUT2D eigenvalue weighted by Crippen LogP contribution is 2.55. The van der Waals surface area contributed by atoms with Gasteiger partial charge in [-0.2, -0.15) is 0 Å². The van der Waals surface area contributed by atoms with E-state index < -0.39 is 19.2 Å². The molecule has 0 bridgehead atoms. The number of rotatable bonds is 17. The van der Waals surface area contributed by atoms with Gasteiger partial charge in [-0.15, -0.1) is 12.3 Å². The Morgan fingerprint density at radius 1 is 0.766 bits per heavy atom. The number of benzene rings is 3. The molecule has 8 heteroatoms. The van der Waals surface area contributed by atoms with Crippen LogP contribution in [0.3, 0.4) is 0 Å². The summed E-state index contributed by atoms with van der Waals surface area (Å²) >= 11 is 0.